The highest BCUT2D eigenvalue weighted by Crippen LogP contribution is 2.35. The van der Waals surface area contributed by atoms with Crippen LogP contribution in [-0.2, 0) is 4.79 Å². The van der Waals surface area contributed by atoms with Gasteiger partial charge in [0.05, 0.1) is 6.54 Å². The Morgan fingerprint density at radius 1 is 1.30 bits per heavy atom. The molecule has 1 aliphatic carbocycles. The number of carbonyl (C=O) groups is 2. The number of imide groups is 1. The third-order valence-electron chi connectivity index (χ3n) is 4.36. The largest absolute Gasteiger partial charge is 0.488 e. The smallest absolute Gasteiger partial charge is 0.325 e. The van der Waals surface area contributed by atoms with Crippen LogP contribution in [0.25, 0.3) is 0 Å². The number of hydrogen-bond acceptors (Lipinski definition) is 4. The van der Waals surface area contributed by atoms with Crippen LogP contribution in [0.1, 0.15) is 25.7 Å². The summed E-state index contributed by atoms with van der Waals surface area (Å²) in [6.45, 7) is -0.369. The van der Waals surface area contributed by atoms with Crippen molar-refractivity contribution in [2.75, 3.05) is 13.2 Å². The molecule has 1 atom stereocenters. The average molecular weight is 322 g/mol. The second-order valence-electron chi connectivity index (χ2n) is 6.03. The van der Waals surface area contributed by atoms with Gasteiger partial charge in [-0.25, -0.2) is 9.18 Å². The highest BCUT2D eigenvalue weighted by Gasteiger charge is 2.52. The molecule has 1 saturated carbocycles. The van der Waals surface area contributed by atoms with E-state index in [2.05, 4.69) is 5.32 Å². The number of rotatable bonds is 5. The van der Waals surface area contributed by atoms with E-state index in [9.17, 15) is 19.1 Å². The van der Waals surface area contributed by atoms with Gasteiger partial charge in [0.15, 0.2) is 11.6 Å². The van der Waals surface area contributed by atoms with Crippen LogP contribution >= 0.6 is 0 Å². The first-order valence-corrected chi connectivity index (χ1v) is 7.71. The van der Waals surface area contributed by atoms with Crippen LogP contribution in [0.5, 0.6) is 5.75 Å². The summed E-state index contributed by atoms with van der Waals surface area (Å²) in [5.74, 6) is -0.791. The quantitative estimate of drug-likeness (QED) is 0.804. The summed E-state index contributed by atoms with van der Waals surface area (Å²) >= 11 is 0. The van der Waals surface area contributed by atoms with Gasteiger partial charge in [-0.2, -0.15) is 0 Å². The number of nitrogens with one attached hydrogen (secondary N) is 1. The highest BCUT2D eigenvalue weighted by molar-refractivity contribution is 6.07. The molecule has 7 heteroatoms. The summed E-state index contributed by atoms with van der Waals surface area (Å²) in [6, 6.07) is 5.37. The Hall–Kier alpha value is -2.15. The molecule has 1 aromatic rings. The first-order chi connectivity index (χ1) is 11.0. The maximum absolute atomic E-state index is 13.4. The standard InChI is InChI=1S/C16H19FN2O4/c17-12-5-1-2-6-13(12)23-10-11(20)9-19-14(21)16(18-15(19)22)7-3-4-8-16/h1-2,5-6,11,20H,3-4,7-10H2,(H,18,22). The van der Waals surface area contributed by atoms with Gasteiger partial charge in [0, 0.05) is 0 Å². The van der Waals surface area contributed by atoms with Crippen molar-refractivity contribution in [1.82, 2.24) is 10.2 Å². The van der Waals surface area contributed by atoms with Crippen molar-refractivity contribution in [3.05, 3.63) is 30.1 Å². The predicted molar refractivity (Wildman–Crippen MR) is 79.3 cm³/mol. The fourth-order valence-electron chi connectivity index (χ4n) is 3.17. The molecule has 1 aliphatic heterocycles. The van der Waals surface area contributed by atoms with Gasteiger partial charge in [0.25, 0.3) is 5.91 Å². The van der Waals surface area contributed by atoms with E-state index < -0.39 is 23.5 Å². The van der Waals surface area contributed by atoms with Crippen molar-refractivity contribution in [2.24, 2.45) is 0 Å². The molecule has 1 unspecified atom stereocenters. The van der Waals surface area contributed by atoms with Crippen molar-refractivity contribution >= 4 is 11.9 Å². The number of β-amino-alcohol motifs (C(OH)–C–C–N with tert-alkyl or cyclic N) is 1. The molecular formula is C16H19FN2O4. The van der Waals surface area contributed by atoms with Crippen LogP contribution in [0, 0.1) is 5.82 Å². The first-order valence-electron chi connectivity index (χ1n) is 7.71. The van der Waals surface area contributed by atoms with Crippen LogP contribution in [0.3, 0.4) is 0 Å². The summed E-state index contributed by atoms with van der Waals surface area (Å²) in [6.07, 6.45) is 1.99. The number of para-hydroxylation sites is 1. The Kier molecular flexibility index (Phi) is 4.21. The van der Waals surface area contributed by atoms with E-state index >= 15 is 0 Å². The minimum absolute atomic E-state index is 0.0241. The minimum atomic E-state index is -1.08. The first kappa shape index (κ1) is 15.7. The van der Waals surface area contributed by atoms with E-state index in [0.29, 0.717) is 12.8 Å². The van der Waals surface area contributed by atoms with E-state index in [1.54, 1.807) is 6.07 Å². The summed E-state index contributed by atoms with van der Waals surface area (Å²) in [5, 5.41) is 12.8. The minimum Gasteiger partial charge on any atom is -0.488 e. The normalized spacial score (nSPS) is 20.9. The molecule has 124 valence electrons. The van der Waals surface area contributed by atoms with Crippen LogP contribution in [0.15, 0.2) is 24.3 Å². The molecule has 3 rings (SSSR count). The molecule has 1 spiro atoms. The second kappa shape index (κ2) is 6.16. The molecule has 2 fully saturated rings. The number of aliphatic hydroxyl groups is 1. The van der Waals surface area contributed by atoms with Crippen LogP contribution in [-0.4, -0.2) is 46.7 Å². The van der Waals surface area contributed by atoms with Crippen LogP contribution in [0.2, 0.25) is 0 Å². The Morgan fingerprint density at radius 2 is 2.00 bits per heavy atom. The summed E-state index contributed by atoms with van der Waals surface area (Å²) < 4.78 is 18.6. The summed E-state index contributed by atoms with van der Waals surface area (Å²) in [5.41, 5.74) is -0.788. The predicted octanol–water partition coefficient (Wildman–Crippen LogP) is 1.43. The number of carbonyl (C=O) groups excluding carboxylic acids is 2. The van der Waals surface area contributed by atoms with Crippen LogP contribution < -0.4 is 10.1 Å². The van der Waals surface area contributed by atoms with E-state index in [0.717, 1.165) is 17.7 Å². The summed E-state index contributed by atoms with van der Waals surface area (Å²) in [7, 11) is 0. The molecular weight excluding hydrogens is 303 g/mol. The van der Waals surface area contributed by atoms with Gasteiger partial charge >= 0.3 is 6.03 Å². The lowest BCUT2D eigenvalue weighted by molar-refractivity contribution is -0.132. The number of nitrogens with zero attached hydrogens (tertiary/aromatic N) is 1. The second-order valence-corrected chi connectivity index (χ2v) is 6.03. The maximum atomic E-state index is 13.4. The SMILES string of the molecule is O=C1NC2(CCCC2)C(=O)N1CC(O)COc1ccccc1F. The van der Waals surface area contributed by atoms with Crippen LogP contribution in [0.4, 0.5) is 9.18 Å². The summed E-state index contributed by atoms with van der Waals surface area (Å²) in [4.78, 5) is 25.5. The van der Waals surface area contributed by atoms with Gasteiger partial charge < -0.3 is 15.2 Å². The van der Waals surface area contributed by atoms with Crippen molar-refractivity contribution in [3.63, 3.8) is 0 Å². The van der Waals surface area contributed by atoms with Gasteiger partial charge in [0.1, 0.15) is 18.2 Å². The monoisotopic (exact) mass is 322 g/mol. The third-order valence-corrected chi connectivity index (χ3v) is 4.36. The Balaban J connectivity index is 1.57. The molecule has 2 aliphatic rings. The van der Waals surface area contributed by atoms with Gasteiger partial charge in [0.2, 0.25) is 0 Å². The third kappa shape index (κ3) is 3.01. The molecule has 23 heavy (non-hydrogen) atoms. The van der Waals surface area contributed by atoms with Gasteiger partial charge in [-0.3, -0.25) is 9.69 Å². The lowest BCUT2D eigenvalue weighted by Gasteiger charge is -2.21. The highest BCUT2D eigenvalue weighted by atomic mass is 19.1. The van der Waals surface area contributed by atoms with E-state index in [1.807, 2.05) is 0 Å². The van der Waals surface area contributed by atoms with E-state index in [4.69, 9.17) is 4.74 Å². The zero-order valence-corrected chi connectivity index (χ0v) is 12.6. The van der Waals surface area contributed by atoms with E-state index in [-0.39, 0.29) is 24.8 Å². The molecule has 1 heterocycles. The van der Waals surface area contributed by atoms with Crippen molar-refractivity contribution in [2.45, 2.75) is 37.3 Å². The molecule has 6 nitrogen and oxygen atoms in total. The van der Waals surface area contributed by atoms with Gasteiger partial charge in [-0.1, -0.05) is 25.0 Å². The number of aliphatic hydroxyl groups excluding tert-OH is 1. The van der Waals surface area contributed by atoms with E-state index in [1.165, 1.54) is 18.2 Å². The Morgan fingerprint density at radius 3 is 2.70 bits per heavy atom. The zero-order valence-electron chi connectivity index (χ0n) is 12.6. The number of amides is 3. The number of halogens is 1. The number of urea groups is 1. The number of benzene rings is 1. The lowest BCUT2D eigenvalue weighted by Crippen LogP contribution is -2.45. The van der Waals surface area contributed by atoms with Crippen molar-refractivity contribution in [3.8, 4) is 5.75 Å². The van der Waals surface area contributed by atoms with Gasteiger partial charge in [-0.15, -0.1) is 0 Å². The number of hydrogen-bond donors (Lipinski definition) is 2. The Labute approximate surface area is 133 Å². The molecule has 2 N–H and O–H groups in total. The molecule has 0 radical (unpaired) electrons. The van der Waals surface area contributed by atoms with Gasteiger partial charge in [-0.05, 0) is 25.0 Å². The topological polar surface area (TPSA) is 78.9 Å². The zero-order chi connectivity index (χ0) is 16.4. The molecule has 0 bridgehead atoms. The fourth-order valence-corrected chi connectivity index (χ4v) is 3.17. The lowest BCUT2D eigenvalue weighted by atomic mass is 9.98. The average Bonchev–Trinajstić information content (AvgIpc) is 3.08. The van der Waals surface area contributed by atoms with Crippen molar-refractivity contribution in [1.29, 1.82) is 0 Å². The number of ether oxygens (including phenoxy) is 1. The Bertz CT molecular complexity index is 616. The molecule has 3 amide bonds. The molecule has 1 saturated heterocycles. The molecule has 0 aromatic heterocycles. The molecule has 1 aromatic carbocycles. The van der Waals surface area contributed by atoms with Crippen molar-refractivity contribution < 1.29 is 23.8 Å². The maximum Gasteiger partial charge on any atom is 0.325 e. The fraction of sp³-hybridized carbons (Fsp3) is 0.500.